The van der Waals surface area contributed by atoms with Crippen molar-refractivity contribution in [1.82, 2.24) is 10.3 Å². The van der Waals surface area contributed by atoms with Crippen LogP contribution >= 0.6 is 0 Å². The molecule has 0 aliphatic heterocycles. The zero-order valence-electron chi connectivity index (χ0n) is 16.1. The van der Waals surface area contributed by atoms with Crippen LogP contribution in [-0.4, -0.2) is 30.1 Å². The van der Waals surface area contributed by atoms with E-state index in [1.165, 1.54) is 7.11 Å². The van der Waals surface area contributed by atoms with Crippen LogP contribution in [0.4, 0.5) is 10.5 Å². The van der Waals surface area contributed by atoms with E-state index in [0.717, 1.165) is 11.1 Å². The number of ether oxygens (including phenoxy) is 1. The van der Waals surface area contributed by atoms with Gasteiger partial charge in [0, 0.05) is 11.3 Å². The van der Waals surface area contributed by atoms with Gasteiger partial charge in [-0.3, -0.25) is 0 Å². The standard InChI is InChI=1S/C21H23N3O4/c1-13(2)11-17(20(25)27-3)24-21(26)22-15-8-6-7-14(12-15)19-23-16-9-4-5-10-18(16)28-19/h4-10,12-13,17H,11H2,1-3H3,(H2,22,24,26). The van der Waals surface area contributed by atoms with E-state index in [2.05, 4.69) is 15.6 Å². The number of anilines is 1. The monoisotopic (exact) mass is 381 g/mol. The van der Waals surface area contributed by atoms with E-state index in [9.17, 15) is 9.59 Å². The first kappa shape index (κ1) is 19.4. The van der Waals surface area contributed by atoms with Crippen molar-refractivity contribution in [3.8, 4) is 11.5 Å². The zero-order chi connectivity index (χ0) is 20.1. The number of carbonyl (C=O) groups is 2. The average molecular weight is 381 g/mol. The third-order valence-corrected chi connectivity index (χ3v) is 4.16. The van der Waals surface area contributed by atoms with Crippen LogP contribution in [0, 0.1) is 5.92 Å². The molecule has 1 atom stereocenters. The molecule has 1 heterocycles. The highest BCUT2D eigenvalue weighted by atomic mass is 16.5. The van der Waals surface area contributed by atoms with E-state index < -0.39 is 18.0 Å². The van der Waals surface area contributed by atoms with Gasteiger partial charge in [0.25, 0.3) is 0 Å². The van der Waals surface area contributed by atoms with E-state index in [0.29, 0.717) is 23.6 Å². The molecule has 3 rings (SSSR count). The summed E-state index contributed by atoms with van der Waals surface area (Å²) in [6.45, 7) is 3.94. The number of urea groups is 1. The number of benzene rings is 2. The first-order chi connectivity index (χ1) is 13.5. The Hall–Kier alpha value is -3.35. The first-order valence-corrected chi connectivity index (χ1v) is 9.07. The van der Waals surface area contributed by atoms with Crippen LogP contribution in [0.1, 0.15) is 20.3 Å². The Bertz CT molecular complexity index is 947. The number of hydrogen-bond acceptors (Lipinski definition) is 5. The molecule has 0 spiro atoms. The van der Waals surface area contributed by atoms with Crippen molar-refractivity contribution < 1.29 is 18.7 Å². The summed E-state index contributed by atoms with van der Waals surface area (Å²) in [5, 5.41) is 5.41. The Morgan fingerprint density at radius 2 is 1.93 bits per heavy atom. The van der Waals surface area contributed by atoms with Gasteiger partial charge in [-0.2, -0.15) is 0 Å². The molecule has 0 fully saturated rings. The minimum Gasteiger partial charge on any atom is -0.467 e. The van der Waals surface area contributed by atoms with Gasteiger partial charge in [-0.15, -0.1) is 0 Å². The molecular weight excluding hydrogens is 358 g/mol. The molecule has 0 saturated heterocycles. The fraction of sp³-hybridized carbons (Fsp3) is 0.286. The average Bonchev–Trinajstić information content (AvgIpc) is 3.11. The molecule has 0 aliphatic carbocycles. The summed E-state index contributed by atoms with van der Waals surface area (Å²) in [7, 11) is 1.30. The molecule has 2 amide bonds. The highest BCUT2D eigenvalue weighted by Crippen LogP contribution is 2.26. The molecule has 146 valence electrons. The Balaban J connectivity index is 1.73. The Morgan fingerprint density at radius 3 is 2.64 bits per heavy atom. The molecule has 7 heteroatoms. The summed E-state index contributed by atoms with van der Waals surface area (Å²) in [6, 6.07) is 13.5. The van der Waals surface area contributed by atoms with Gasteiger partial charge < -0.3 is 19.8 Å². The van der Waals surface area contributed by atoms with Gasteiger partial charge in [-0.25, -0.2) is 14.6 Å². The summed E-state index contributed by atoms with van der Waals surface area (Å²) >= 11 is 0. The van der Waals surface area contributed by atoms with Crippen molar-refractivity contribution in [2.24, 2.45) is 5.92 Å². The number of hydrogen-bond donors (Lipinski definition) is 2. The molecule has 3 aromatic rings. The van der Waals surface area contributed by atoms with Crippen LogP contribution in [0.2, 0.25) is 0 Å². The molecule has 1 aromatic heterocycles. The minimum absolute atomic E-state index is 0.229. The van der Waals surface area contributed by atoms with Crippen molar-refractivity contribution in [3.63, 3.8) is 0 Å². The number of carbonyl (C=O) groups excluding carboxylic acids is 2. The second-order valence-electron chi connectivity index (χ2n) is 6.87. The number of oxazole rings is 1. The molecule has 0 bridgehead atoms. The lowest BCUT2D eigenvalue weighted by atomic mass is 10.0. The molecular formula is C21H23N3O4. The molecule has 2 N–H and O–H groups in total. The Kier molecular flexibility index (Phi) is 5.93. The van der Waals surface area contributed by atoms with Gasteiger partial charge >= 0.3 is 12.0 Å². The van der Waals surface area contributed by atoms with E-state index >= 15 is 0 Å². The number of amides is 2. The highest BCUT2D eigenvalue weighted by molar-refractivity contribution is 5.93. The molecule has 7 nitrogen and oxygen atoms in total. The maximum atomic E-state index is 12.3. The van der Waals surface area contributed by atoms with Crippen LogP contribution < -0.4 is 10.6 Å². The lowest BCUT2D eigenvalue weighted by molar-refractivity contribution is -0.143. The number of nitrogens with one attached hydrogen (secondary N) is 2. The number of aromatic nitrogens is 1. The zero-order valence-corrected chi connectivity index (χ0v) is 16.1. The lowest BCUT2D eigenvalue weighted by Crippen LogP contribution is -2.44. The first-order valence-electron chi connectivity index (χ1n) is 9.07. The predicted molar refractivity (Wildman–Crippen MR) is 107 cm³/mol. The molecule has 1 unspecified atom stereocenters. The van der Waals surface area contributed by atoms with Gasteiger partial charge in [0.05, 0.1) is 7.11 Å². The van der Waals surface area contributed by atoms with Gasteiger partial charge in [0.2, 0.25) is 5.89 Å². The van der Waals surface area contributed by atoms with Crippen LogP contribution in [0.3, 0.4) is 0 Å². The fourth-order valence-electron chi connectivity index (χ4n) is 2.88. The van der Waals surface area contributed by atoms with Gasteiger partial charge in [0.1, 0.15) is 11.6 Å². The molecule has 0 aliphatic rings. The molecule has 28 heavy (non-hydrogen) atoms. The van der Waals surface area contributed by atoms with Crippen LogP contribution in [-0.2, 0) is 9.53 Å². The van der Waals surface area contributed by atoms with Crippen molar-refractivity contribution >= 4 is 28.8 Å². The number of rotatable bonds is 6. The van der Waals surface area contributed by atoms with Crippen LogP contribution in [0.25, 0.3) is 22.6 Å². The Morgan fingerprint density at radius 1 is 1.14 bits per heavy atom. The second kappa shape index (κ2) is 8.56. The highest BCUT2D eigenvalue weighted by Gasteiger charge is 2.22. The van der Waals surface area contributed by atoms with Crippen molar-refractivity contribution in [2.75, 3.05) is 12.4 Å². The number of methoxy groups -OCH3 is 1. The number of nitrogens with zero attached hydrogens (tertiary/aromatic N) is 1. The lowest BCUT2D eigenvalue weighted by Gasteiger charge is -2.18. The van der Waals surface area contributed by atoms with E-state index in [1.54, 1.807) is 18.2 Å². The van der Waals surface area contributed by atoms with E-state index in [1.807, 2.05) is 44.2 Å². The van der Waals surface area contributed by atoms with Crippen LogP contribution in [0.5, 0.6) is 0 Å². The quantitative estimate of drug-likeness (QED) is 0.624. The summed E-state index contributed by atoms with van der Waals surface area (Å²) < 4.78 is 10.5. The van der Waals surface area contributed by atoms with Crippen molar-refractivity contribution in [1.29, 1.82) is 0 Å². The Labute approximate surface area is 163 Å². The topological polar surface area (TPSA) is 93.5 Å². The second-order valence-corrected chi connectivity index (χ2v) is 6.87. The predicted octanol–water partition coefficient (Wildman–Crippen LogP) is 4.20. The molecule has 0 radical (unpaired) electrons. The van der Waals surface area contributed by atoms with Gasteiger partial charge in [0.15, 0.2) is 5.58 Å². The number of fused-ring (bicyclic) bond motifs is 1. The molecule has 0 saturated carbocycles. The minimum atomic E-state index is -0.703. The fourth-order valence-corrected chi connectivity index (χ4v) is 2.88. The SMILES string of the molecule is COC(=O)C(CC(C)C)NC(=O)Nc1cccc(-c2nc3ccccc3o2)c1. The van der Waals surface area contributed by atoms with Crippen molar-refractivity contribution in [2.45, 2.75) is 26.3 Å². The largest absolute Gasteiger partial charge is 0.467 e. The molecule has 2 aromatic carbocycles. The van der Waals surface area contributed by atoms with Crippen molar-refractivity contribution in [3.05, 3.63) is 48.5 Å². The van der Waals surface area contributed by atoms with Gasteiger partial charge in [-0.05, 0) is 42.7 Å². The van der Waals surface area contributed by atoms with E-state index in [4.69, 9.17) is 9.15 Å². The van der Waals surface area contributed by atoms with E-state index in [-0.39, 0.29) is 5.92 Å². The van der Waals surface area contributed by atoms with Crippen LogP contribution in [0.15, 0.2) is 52.9 Å². The third kappa shape index (κ3) is 4.68. The van der Waals surface area contributed by atoms with Gasteiger partial charge in [-0.1, -0.05) is 32.0 Å². The number of esters is 1. The summed E-state index contributed by atoms with van der Waals surface area (Å²) in [6.07, 6.45) is 0.489. The maximum Gasteiger partial charge on any atom is 0.328 e. The smallest absolute Gasteiger partial charge is 0.328 e. The normalized spacial score (nSPS) is 12.0. The summed E-state index contributed by atoms with van der Waals surface area (Å²) in [5.74, 6) is 0.230. The summed E-state index contributed by atoms with van der Waals surface area (Å²) in [4.78, 5) is 28.7. The third-order valence-electron chi connectivity index (χ3n) is 4.16. The summed E-state index contributed by atoms with van der Waals surface area (Å²) in [5.41, 5.74) is 2.76. The number of para-hydroxylation sites is 2. The maximum absolute atomic E-state index is 12.3.